The molecule has 0 saturated heterocycles. The lowest BCUT2D eigenvalue weighted by atomic mass is 10.1. The third kappa shape index (κ3) is 13.0. The van der Waals surface area contributed by atoms with Crippen LogP contribution in [0.5, 0.6) is 0 Å². The Bertz CT molecular complexity index is 336. The summed E-state index contributed by atoms with van der Waals surface area (Å²) in [5.74, 6) is -2.46. The van der Waals surface area contributed by atoms with E-state index < -0.39 is 36.0 Å². The van der Waals surface area contributed by atoms with E-state index in [1.807, 2.05) is 0 Å². The molecule has 1 amide bonds. The molecule has 0 radical (unpaired) electrons. The van der Waals surface area contributed by atoms with Gasteiger partial charge in [-0.1, -0.05) is 6.42 Å². The third-order valence-electron chi connectivity index (χ3n) is 2.43. The largest absolute Gasteiger partial charge is 0.480 e. The van der Waals surface area contributed by atoms with E-state index in [9.17, 15) is 14.4 Å². The molecule has 0 rings (SSSR count). The molecule has 0 aliphatic carbocycles. The van der Waals surface area contributed by atoms with Gasteiger partial charge < -0.3 is 32.7 Å². The molecule has 0 aromatic carbocycles. The van der Waals surface area contributed by atoms with Crippen LogP contribution in [0.15, 0.2) is 0 Å². The molecule has 124 valence electrons. The van der Waals surface area contributed by atoms with E-state index in [2.05, 4.69) is 5.32 Å². The van der Waals surface area contributed by atoms with Crippen LogP contribution in [0.3, 0.4) is 0 Å². The van der Waals surface area contributed by atoms with E-state index >= 15 is 0 Å². The van der Waals surface area contributed by atoms with Gasteiger partial charge in [-0.2, -0.15) is 0 Å². The van der Waals surface area contributed by atoms with Crippen LogP contribution in [-0.4, -0.2) is 52.7 Å². The topological polar surface area (TPSA) is 182 Å². The normalized spacial score (nSPS) is 14.1. The van der Waals surface area contributed by atoms with Crippen LogP contribution in [0.4, 0.5) is 0 Å². The second-order valence-corrected chi connectivity index (χ2v) is 4.59. The number of carbonyl (C=O) groups is 3. The minimum absolute atomic E-state index is 0.458. The summed E-state index contributed by atoms with van der Waals surface area (Å²) in [4.78, 5) is 31.1. The monoisotopic (exact) mass is 306 g/mol. The van der Waals surface area contributed by atoms with E-state index in [-0.39, 0.29) is 0 Å². The molecular weight excluding hydrogens is 280 g/mol. The molecule has 0 fully saturated rings. The summed E-state index contributed by atoms with van der Waals surface area (Å²) >= 11 is 0. The molecule has 0 saturated carbocycles. The van der Waals surface area contributed by atoms with Crippen LogP contribution in [0, 0.1) is 0 Å². The Hall–Kier alpha value is -1.71. The van der Waals surface area contributed by atoms with Gasteiger partial charge in [-0.05, 0) is 33.2 Å². The van der Waals surface area contributed by atoms with Gasteiger partial charge in [0.25, 0.3) is 0 Å². The molecular formula is C12H26N4O5. The number of hydrogen-bond acceptors (Lipinski definition) is 6. The number of unbranched alkanes of at least 4 members (excludes halogenated alkanes) is 1. The van der Waals surface area contributed by atoms with Crippen molar-refractivity contribution in [3.05, 3.63) is 0 Å². The number of carbonyl (C=O) groups excluding carboxylic acids is 1. The Morgan fingerprint density at radius 3 is 1.90 bits per heavy atom. The molecule has 0 aliphatic rings. The second-order valence-electron chi connectivity index (χ2n) is 4.59. The third-order valence-corrected chi connectivity index (χ3v) is 2.43. The Labute approximate surface area is 123 Å². The summed E-state index contributed by atoms with van der Waals surface area (Å²) in [5, 5.41) is 18.9. The lowest BCUT2D eigenvalue weighted by Crippen LogP contribution is -2.45. The van der Waals surface area contributed by atoms with Gasteiger partial charge in [-0.25, -0.2) is 0 Å². The quantitative estimate of drug-likeness (QED) is 0.291. The predicted octanol–water partition coefficient (Wildman–Crippen LogP) is -1.55. The maximum Gasteiger partial charge on any atom is 0.325 e. The smallest absolute Gasteiger partial charge is 0.325 e. The minimum atomic E-state index is -1.07. The highest BCUT2D eigenvalue weighted by Crippen LogP contribution is 1.96. The zero-order chi connectivity index (χ0) is 17.0. The molecule has 9 heteroatoms. The summed E-state index contributed by atoms with van der Waals surface area (Å²) < 4.78 is 0. The maximum atomic E-state index is 10.8. The summed E-state index contributed by atoms with van der Waals surface area (Å²) in [6.45, 7) is 3.47. The first kappa shape index (κ1) is 21.6. The summed E-state index contributed by atoms with van der Waals surface area (Å²) in [5.41, 5.74) is 15.6. The Morgan fingerprint density at radius 2 is 1.57 bits per heavy atom. The maximum absolute atomic E-state index is 10.8. The van der Waals surface area contributed by atoms with E-state index in [1.165, 1.54) is 13.8 Å². The minimum Gasteiger partial charge on any atom is -0.480 e. The Morgan fingerprint density at radius 1 is 1.05 bits per heavy atom. The van der Waals surface area contributed by atoms with E-state index in [0.29, 0.717) is 13.0 Å². The Kier molecular flexibility index (Phi) is 12.4. The van der Waals surface area contributed by atoms with Gasteiger partial charge in [-0.3, -0.25) is 14.4 Å². The van der Waals surface area contributed by atoms with Crippen LogP contribution in [0.1, 0.15) is 33.1 Å². The van der Waals surface area contributed by atoms with Gasteiger partial charge in [0.15, 0.2) is 0 Å². The molecule has 21 heavy (non-hydrogen) atoms. The van der Waals surface area contributed by atoms with Crippen LogP contribution >= 0.6 is 0 Å². The first-order valence-corrected chi connectivity index (χ1v) is 6.60. The average Bonchev–Trinajstić information content (AvgIpc) is 2.39. The second kappa shape index (κ2) is 12.1. The van der Waals surface area contributed by atoms with Gasteiger partial charge in [0.2, 0.25) is 5.91 Å². The number of aliphatic carboxylic acids is 2. The fourth-order valence-electron chi connectivity index (χ4n) is 1.04. The number of hydrogen-bond donors (Lipinski definition) is 6. The standard InChI is InChI=1S/C6H12N2O3.C6H14N2O2/c1-3(7)5(9)8-4(2)6(10)11;7-4-2-1-3-5(8)6(9)10/h3-4H,7H2,1-2H3,(H,8,9)(H,10,11);5H,1-4,7-8H2,(H,9,10)/t3-,4+;5-/m00/s1. The van der Waals surface area contributed by atoms with Crippen LogP contribution in [0.2, 0.25) is 0 Å². The summed E-state index contributed by atoms with van der Waals surface area (Å²) in [6, 6.07) is -2.27. The van der Waals surface area contributed by atoms with Crippen molar-refractivity contribution in [2.24, 2.45) is 17.2 Å². The molecule has 0 unspecified atom stereocenters. The molecule has 0 aliphatic heterocycles. The first-order valence-electron chi connectivity index (χ1n) is 6.60. The zero-order valence-corrected chi connectivity index (χ0v) is 12.4. The number of nitrogens with two attached hydrogens (primary N) is 3. The SMILES string of the molecule is C[C@H](N)C(=O)N[C@H](C)C(=O)O.NCCCC[C@H](N)C(=O)O. The van der Waals surface area contributed by atoms with Crippen LogP contribution in [0.25, 0.3) is 0 Å². The van der Waals surface area contributed by atoms with Crippen molar-refractivity contribution in [2.45, 2.75) is 51.2 Å². The van der Waals surface area contributed by atoms with Crippen molar-refractivity contribution in [1.82, 2.24) is 5.32 Å². The number of rotatable bonds is 8. The number of amides is 1. The molecule has 0 aromatic heterocycles. The van der Waals surface area contributed by atoms with Gasteiger partial charge in [-0.15, -0.1) is 0 Å². The van der Waals surface area contributed by atoms with Gasteiger partial charge in [0, 0.05) is 0 Å². The van der Waals surface area contributed by atoms with E-state index in [1.54, 1.807) is 0 Å². The molecule has 0 heterocycles. The van der Waals surface area contributed by atoms with Crippen molar-refractivity contribution < 1.29 is 24.6 Å². The summed E-state index contributed by atoms with van der Waals surface area (Å²) in [6.07, 6.45) is 2.16. The lowest BCUT2D eigenvalue weighted by Gasteiger charge is -2.10. The van der Waals surface area contributed by atoms with Crippen LogP contribution < -0.4 is 22.5 Å². The van der Waals surface area contributed by atoms with Crippen molar-refractivity contribution in [3.63, 3.8) is 0 Å². The number of carboxylic acids is 2. The van der Waals surface area contributed by atoms with Crippen molar-refractivity contribution in [2.75, 3.05) is 6.54 Å². The molecule has 9 N–H and O–H groups in total. The molecule has 9 nitrogen and oxygen atoms in total. The zero-order valence-electron chi connectivity index (χ0n) is 12.4. The first-order chi connectivity index (χ1) is 9.63. The highest BCUT2D eigenvalue weighted by Gasteiger charge is 2.15. The van der Waals surface area contributed by atoms with Gasteiger partial charge >= 0.3 is 11.9 Å². The predicted molar refractivity (Wildman–Crippen MR) is 77.4 cm³/mol. The molecule has 3 atom stereocenters. The fourth-order valence-corrected chi connectivity index (χ4v) is 1.04. The van der Waals surface area contributed by atoms with Gasteiger partial charge in [0.1, 0.15) is 12.1 Å². The average molecular weight is 306 g/mol. The van der Waals surface area contributed by atoms with E-state index in [0.717, 1.165) is 12.8 Å². The number of carboxylic acid groups (broad SMARTS) is 2. The van der Waals surface area contributed by atoms with Gasteiger partial charge in [0.05, 0.1) is 6.04 Å². The summed E-state index contributed by atoms with van der Waals surface area (Å²) in [7, 11) is 0. The van der Waals surface area contributed by atoms with Crippen LogP contribution in [-0.2, 0) is 14.4 Å². The highest BCUT2D eigenvalue weighted by molar-refractivity contribution is 5.86. The molecule has 0 spiro atoms. The van der Waals surface area contributed by atoms with E-state index in [4.69, 9.17) is 27.4 Å². The van der Waals surface area contributed by atoms with Crippen molar-refractivity contribution >= 4 is 17.8 Å². The highest BCUT2D eigenvalue weighted by atomic mass is 16.4. The Balaban J connectivity index is 0. The fraction of sp³-hybridized carbons (Fsp3) is 0.750. The van der Waals surface area contributed by atoms with Crippen molar-refractivity contribution in [1.29, 1.82) is 0 Å². The molecule has 0 bridgehead atoms. The van der Waals surface area contributed by atoms with Crippen molar-refractivity contribution in [3.8, 4) is 0 Å². The number of nitrogens with one attached hydrogen (secondary N) is 1. The molecule has 0 aromatic rings. The lowest BCUT2D eigenvalue weighted by molar-refractivity contribution is -0.141.